The maximum atomic E-state index is 11.9. The molecule has 1 saturated carbocycles. The zero-order valence-corrected chi connectivity index (χ0v) is 9.23. The molecule has 0 spiro atoms. The minimum Gasteiger partial charge on any atom is -0.394 e. The van der Waals surface area contributed by atoms with E-state index < -0.39 is 6.04 Å². The molecule has 0 saturated heterocycles. The lowest BCUT2D eigenvalue weighted by molar-refractivity contribution is -0.118. The second-order valence-corrected chi connectivity index (χ2v) is 4.43. The molecule has 0 aliphatic heterocycles. The summed E-state index contributed by atoms with van der Waals surface area (Å²) in [5.41, 5.74) is 5.44. The monoisotopic (exact) mass is 231 g/mol. The third kappa shape index (κ3) is 1.57. The molecule has 3 rings (SSSR count). The fourth-order valence-electron chi connectivity index (χ4n) is 2.25. The highest BCUT2D eigenvalue weighted by atomic mass is 16.3. The van der Waals surface area contributed by atoms with Gasteiger partial charge < -0.3 is 15.5 Å². The highest BCUT2D eigenvalue weighted by molar-refractivity contribution is 6.01. The van der Waals surface area contributed by atoms with E-state index in [4.69, 9.17) is 10.2 Å². The number of aliphatic hydroxyl groups is 2. The van der Waals surface area contributed by atoms with E-state index in [2.05, 4.69) is 5.32 Å². The maximum absolute atomic E-state index is 11.9. The van der Waals surface area contributed by atoms with Crippen LogP contribution in [0, 0.1) is 0 Å². The van der Waals surface area contributed by atoms with Crippen molar-refractivity contribution in [3.05, 3.63) is 46.1 Å². The van der Waals surface area contributed by atoms with Crippen LogP contribution in [-0.4, -0.2) is 35.4 Å². The van der Waals surface area contributed by atoms with Gasteiger partial charge in [0.25, 0.3) is 5.91 Å². The van der Waals surface area contributed by atoms with Crippen molar-refractivity contribution >= 4 is 5.91 Å². The van der Waals surface area contributed by atoms with Crippen molar-refractivity contribution in [3.8, 4) is 0 Å². The summed E-state index contributed by atoms with van der Waals surface area (Å²) >= 11 is 0. The highest BCUT2D eigenvalue weighted by Crippen LogP contribution is 2.51. The average Bonchev–Trinajstić information content (AvgIpc) is 2.83. The molecule has 0 aromatic heterocycles. The number of rotatable bonds is 4. The Kier molecular flexibility index (Phi) is 2.28. The first kappa shape index (κ1) is 10.5. The number of allylic oxidation sites excluding steroid dienone is 6. The Labute approximate surface area is 98.6 Å². The van der Waals surface area contributed by atoms with Crippen LogP contribution in [0.25, 0.3) is 0 Å². The Hall–Kier alpha value is -1.65. The van der Waals surface area contributed by atoms with E-state index in [-0.39, 0.29) is 19.1 Å². The first-order valence-electron chi connectivity index (χ1n) is 5.64. The minimum absolute atomic E-state index is 0.238. The topological polar surface area (TPSA) is 69.6 Å². The molecule has 0 radical (unpaired) electrons. The average molecular weight is 231 g/mol. The van der Waals surface area contributed by atoms with Gasteiger partial charge in [-0.15, -0.1) is 0 Å². The molecule has 1 amide bonds. The molecule has 3 aliphatic carbocycles. The SMILES string of the molecule is O=C(NC(CO)CO)C1=C2C=C3CC3=C2C=C1. The lowest BCUT2D eigenvalue weighted by atomic mass is 10.1. The molecule has 0 heterocycles. The van der Waals surface area contributed by atoms with Crippen LogP contribution >= 0.6 is 0 Å². The van der Waals surface area contributed by atoms with Gasteiger partial charge in [0.15, 0.2) is 0 Å². The van der Waals surface area contributed by atoms with E-state index >= 15 is 0 Å². The van der Waals surface area contributed by atoms with Crippen molar-refractivity contribution in [2.45, 2.75) is 12.5 Å². The molecule has 0 atom stereocenters. The van der Waals surface area contributed by atoms with E-state index in [9.17, 15) is 4.79 Å². The van der Waals surface area contributed by atoms with Crippen LogP contribution in [0.2, 0.25) is 0 Å². The summed E-state index contributed by atoms with van der Waals surface area (Å²) in [4.78, 5) is 11.9. The number of nitrogens with one attached hydrogen (secondary N) is 1. The van der Waals surface area contributed by atoms with Gasteiger partial charge in [-0.05, 0) is 40.9 Å². The van der Waals surface area contributed by atoms with Crippen molar-refractivity contribution in [2.75, 3.05) is 13.2 Å². The summed E-state index contributed by atoms with van der Waals surface area (Å²) in [6.45, 7) is -0.521. The normalized spacial score (nSPS) is 19.8. The molecule has 4 heteroatoms. The molecule has 4 nitrogen and oxygen atoms in total. The van der Waals surface area contributed by atoms with Crippen LogP contribution in [0.4, 0.5) is 0 Å². The number of aliphatic hydroxyl groups excluding tert-OH is 2. The molecule has 0 bridgehead atoms. The first-order valence-corrected chi connectivity index (χ1v) is 5.64. The Balaban J connectivity index is 1.81. The van der Waals surface area contributed by atoms with Gasteiger partial charge >= 0.3 is 0 Å². The van der Waals surface area contributed by atoms with Crippen LogP contribution in [0.15, 0.2) is 46.1 Å². The minimum atomic E-state index is -0.593. The summed E-state index contributed by atoms with van der Waals surface area (Å²) in [5, 5.41) is 20.4. The molecular formula is C13H13NO3. The number of carbonyl (C=O) groups excluding carboxylic acids is 1. The zero-order chi connectivity index (χ0) is 12.0. The zero-order valence-electron chi connectivity index (χ0n) is 9.23. The van der Waals surface area contributed by atoms with Gasteiger partial charge in [-0.3, -0.25) is 4.79 Å². The number of hydrogen-bond acceptors (Lipinski definition) is 3. The van der Waals surface area contributed by atoms with Gasteiger partial charge in [-0.25, -0.2) is 0 Å². The number of carbonyl (C=O) groups is 1. The third-order valence-corrected chi connectivity index (χ3v) is 3.29. The van der Waals surface area contributed by atoms with Gasteiger partial charge in [-0.1, -0.05) is 6.08 Å². The van der Waals surface area contributed by atoms with Gasteiger partial charge in [0.2, 0.25) is 0 Å². The van der Waals surface area contributed by atoms with Crippen molar-refractivity contribution in [2.24, 2.45) is 0 Å². The molecule has 3 aliphatic rings. The molecule has 0 unspecified atom stereocenters. The lowest BCUT2D eigenvalue weighted by Gasteiger charge is -2.13. The summed E-state index contributed by atoms with van der Waals surface area (Å²) < 4.78 is 0. The Morgan fingerprint density at radius 3 is 2.76 bits per heavy atom. The van der Waals surface area contributed by atoms with Crippen molar-refractivity contribution in [1.82, 2.24) is 5.32 Å². The molecule has 3 N–H and O–H groups in total. The van der Waals surface area contributed by atoms with Gasteiger partial charge in [0.05, 0.1) is 19.3 Å². The van der Waals surface area contributed by atoms with Crippen molar-refractivity contribution in [1.29, 1.82) is 0 Å². The molecule has 0 aromatic rings. The Bertz CT molecular complexity index is 519. The lowest BCUT2D eigenvalue weighted by Crippen LogP contribution is -2.40. The van der Waals surface area contributed by atoms with Crippen LogP contribution in [0.1, 0.15) is 6.42 Å². The number of amides is 1. The van der Waals surface area contributed by atoms with Crippen molar-refractivity contribution in [3.63, 3.8) is 0 Å². The predicted octanol–water partition coefficient (Wildman–Crippen LogP) is -0.0375. The van der Waals surface area contributed by atoms with Gasteiger partial charge in [0, 0.05) is 5.57 Å². The predicted molar refractivity (Wildman–Crippen MR) is 62.0 cm³/mol. The summed E-state index contributed by atoms with van der Waals surface area (Å²) in [5.74, 6) is -0.238. The summed E-state index contributed by atoms with van der Waals surface area (Å²) in [6, 6.07) is -0.593. The Morgan fingerprint density at radius 2 is 2.06 bits per heavy atom. The number of hydrogen-bond donors (Lipinski definition) is 3. The Morgan fingerprint density at radius 1 is 1.29 bits per heavy atom. The molecular weight excluding hydrogens is 218 g/mol. The summed E-state index contributed by atoms with van der Waals surface area (Å²) in [7, 11) is 0. The van der Waals surface area contributed by atoms with Gasteiger partial charge in [0.1, 0.15) is 0 Å². The summed E-state index contributed by atoms with van der Waals surface area (Å²) in [6.07, 6.45) is 6.86. The van der Waals surface area contributed by atoms with Crippen LogP contribution in [-0.2, 0) is 4.79 Å². The molecule has 88 valence electrons. The molecule has 17 heavy (non-hydrogen) atoms. The van der Waals surface area contributed by atoms with Crippen LogP contribution in [0.3, 0.4) is 0 Å². The van der Waals surface area contributed by atoms with Crippen LogP contribution in [0.5, 0.6) is 0 Å². The van der Waals surface area contributed by atoms with E-state index in [0.29, 0.717) is 5.57 Å². The van der Waals surface area contributed by atoms with Gasteiger partial charge in [-0.2, -0.15) is 0 Å². The third-order valence-electron chi connectivity index (χ3n) is 3.29. The number of fused-ring (bicyclic) bond motifs is 2. The van der Waals surface area contributed by atoms with E-state index in [0.717, 1.165) is 17.6 Å². The maximum Gasteiger partial charge on any atom is 0.252 e. The molecule has 0 aromatic carbocycles. The fourth-order valence-corrected chi connectivity index (χ4v) is 2.25. The second kappa shape index (κ2) is 3.68. The van der Waals surface area contributed by atoms with E-state index in [1.54, 1.807) is 6.08 Å². The fraction of sp³-hybridized carbons (Fsp3) is 0.308. The van der Waals surface area contributed by atoms with Crippen molar-refractivity contribution < 1.29 is 15.0 Å². The van der Waals surface area contributed by atoms with E-state index in [1.165, 1.54) is 11.1 Å². The van der Waals surface area contributed by atoms with E-state index in [1.807, 2.05) is 12.2 Å². The smallest absolute Gasteiger partial charge is 0.252 e. The molecule has 1 fully saturated rings. The second-order valence-electron chi connectivity index (χ2n) is 4.43. The largest absolute Gasteiger partial charge is 0.394 e. The quantitative estimate of drug-likeness (QED) is 0.636. The van der Waals surface area contributed by atoms with Crippen LogP contribution < -0.4 is 5.32 Å². The highest BCUT2D eigenvalue weighted by Gasteiger charge is 2.35. The standard InChI is InChI=1S/C13H13NO3/c15-5-8(6-16)14-13(17)10-2-1-9-11-3-7(11)4-12(9)10/h1-2,4,8,15-16H,3,5-6H2,(H,14,17). The first-order chi connectivity index (χ1) is 8.24.